The van der Waals surface area contributed by atoms with Crippen molar-refractivity contribution in [1.82, 2.24) is 15.1 Å². The quantitative estimate of drug-likeness (QED) is 0.593. The van der Waals surface area contributed by atoms with Crippen LogP contribution in [0.5, 0.6) is 0 Å². The molecule has 2 amide bonds. The van der Waals surface area contributed by atoms with Gasteiger partial charge in [-0.25, -0.2) is 4.79 Å². The van der Waals surface area contributed by atoms with Gasteiger partial charge in [-0.1, -0.05) is 51.2 Å². The van der Waals surface area contributed by atoms with Gasteiger partial charge in [-0.3, -0.25) is 4.90 Å². The number of thioether (sulfide) groups is 1. The Balaban J connectivity index is 1.97. The molecule has 1 aromatic heterocycles. The predicted octanol–water partition coefficient (Wildman–Crippen LogP) is 3.71. The molecule has 0 aliphatic heterocycles. The molecule has 0 aliphatic rings. The van der Waals surface area contributed by atoms with Crippen LogP contribution in [-0.4, -0.2) is 42.3 Å². The summed E-state index contributed by atoms with van der Waals surface area (Å²) in [7, 11) is 5.12. The van der Waals surface area contributed by atoms with E-state index in [2.05, 4.69) is 38.3 Å². The van der Waals surface area contributed by atoms with Gasteiger partial charge >= 0.3 is 6.03 Å². The third-order valence-electron chi connectivity index (χ3n) is 2.63. The average molecular weight is 387 g/mol. The van der Waals surface area contributed by atoms with Gasteiger partial charge in [0.05, 0.1) is 0 Å². The Bertz CT molecular complexity index is 615. The number of nitrogens with zero attached hydrogens (tertiary/aromatic N) is 4. The summed E-state index contributed by atoms with van der Waals surface area (Å²) in [6, 6.07) is 8.06. The van der Waals surface area contributed by atoms with Crippen molar-refractivity contribution in [3.05, 3.63) is 34.3 Å². The topological polar surface area (TPSA) is 49.3 Å². The van der Waals surface area contributed by atoms with Crippen LogP contribution < -0.4 is 4.90 Å². The van der Waals surface area contributed by atoms with Crippen LogP contribution in [0.4, 0.5) is 9.93 Å². The Morgan fingerprint density at radius 3 is 2.52 bits per heavy atom. The molecule has 2 aromatic rings. The molecule has 21 heavy (non-hydrogen) atoms. The van der Waals surface area contributed by atoms with Gasteiger partial charge in [-0.15, -0.1) is 10.2 Å². The summed E-state index contributed by atoms with van der Waals surface area (Å²) in [6.07, 6.45) is 0. The molecule has 0 spiro atoms. The fourth-order valence-corrected chi connectivity index (χ4v) is 3.52. The van der Waals surface area contributed by atoms with Crippen molar-refractivity contribution in [3.8, 4) is 0 Å². The van der Waals surface area contributed by atoms with E-state index in [0.717, 1.165) is 14.6 Å². The second-order valence-corrected chi connectivity index (χ2v) is 7.60. The number of anilines is 1. The fraction of sp³-hybridized carbons (Fsp3) is 0.308. The molecule has 1 heterocycles. The Labute approximate surface area is 140 Å². The van der Waals surface area contributed by atoms with Crippen molar-refractivity contribution < 1.29 is 4.79 Å². The number of urea groups is 1. The number of aromatic nitrogens is 2. The number of benzene rings is 1. The zero-order chi connectivity index (χ0) is 15.4. The van der Waals surface area contributed by atoms with Crippen LogP contribution in [0.2, 0.25) is 0 Å². The Hall–Kier alpha value is -1.12. The van der Waals surface area contributed by atoms with Gasteiger partial charge in [-0.05, 0) is 17.7 Å². The van der Waals surface area contributed by atoms with Gasteiger partial charge < -0.3 is 4.90 Å². The number of carbonyl (C=O) groups excluding carboxylic acids is 1. The van der Waals surface area contributed by atoms with E-state index in [4.69, 9.17) is 0 Å². The predicted molar refractivity (Wildman–Crippen MR) is 91.1 cm³/mol. The zero-order valence-corrected chi connectivity index (χ0v) is 15.1. The first-order valence-electron chi connectivity index (χ1n) is 6.13. The highest BCUT2D eigenvalue weighted by atomic mass is 79.9. The van der Waals surface area contributed by atoms with Crippen LogP contribution in [0.3, 0.4) is 0 Å². The maximum Gasteiger partial charge on any atom is 0.325 e. The third-order valence-corrected chi connectivity index (χ3v) is 5.36. The SMILES string of the molecule is CN(C)C(=O)N(C)c1nnc(SCc2ccc(Br)cc2)s1. The molecule has 5 nitrogen and oxygen atoms in total. The molecule has 0 saturated heterocycles. The lowest BCUT2D eigenvalue weighted by Gasteiger charge is -2.18. The van der Waals surface area contributed by atoms with Crippen LogP contribution in [0, 0.1) is 0 Å². The molecule has 0 fully saturated rings. The van der Waals surface area contributed by atoms with E-state index in [1.54, 1.807) is 32.9 Å². The summed E-state index contributed by atoms with van der Waals surface area (Å²) in [5, 5.41) is 8.79. The molecule has 0 aliphatic carbocycles. The van der Waals surface area contributed by atoms with Gasteiger partial charge in [0.2, 0.25) is 5.13 Å². The molecule has 1 aromatic carbocycles. The van der Waals surface area contributed by atoms with Gasteiger partial charge in [0.25, 0.3) is 0 Å². The van der Waals surface area contributed by atoms with E-state index >= 15 is 0 Å². The second-order valence-electron chi connectivity index (χ2n) is 4.50. The first-order chi connectivity index (χ1) is 9.97. The maximum absolute atomic E-state index is 11.8. The lowest BCUT2D eigenvalue weighted by Crippen LogP contribution is -2.36. The summed E-state index contributed by atoms with van der Waals surface area (Å²) in [4.78, 5) is 14.9. The molecule has 0 N–H and O–H groups in total. The number of amides is 2. The maximum atomic E-state index is 11.8. The first kappa shape index (κ1) is 16.3. The number of hydrogen-bond donors (Lipinski definition) is 0. The van der Waals surface area contributed by atoms with Crippen molar-refractivity contribution in [2.24, 2.45) is 0 Å². The zero-order valence-electron chi connectivity index (χ0n) is 11.9. The van der Waals surface area contributed by atoms with Crippen molar-refractivity contribution in [2.45, 2.75) is 10.1 Å². The first-order valence-corrected chi connectivity index (χ1v) is 8.72. The molecule has 8 heteroatoms. The van der Waals surface area contributed by atoms with E-state index in [1.165, 1.54) is 26.7 Å². The molecule has 0 bridgehead atoms. The minimum atomic E-state index is -0.115. The lowest BCUT2D eigenvalue weighted by atomic mass is 10.2. The van der Waals surface area contributed by atoms with E-state index in [9.17, 15) is 4.79 Å². The molecule has 0 atom stereocenters. The third kappa shape index (κ3) is 4.42. The molecule has 0 unspecified atom stereocenters. The standard InChI is InChI=1S/C13H15BrN4OS2/c1-17(2)13(19)18(3)11-15-16-12(21-11)20-8-9-4-6-10(14)7-5-9/h4-7H,8H2,1-3H3. The van der Waals surface area contributed by atoms with Gasteiger partial charge in [0.1, 0.15) is 0 Å². The molecule has 0 radical (unpaired) electrons. The minimum Gasteiger partial charge on any atom is -0.330 e. The highest BCUT2D eigenvalue weighted by Crippen LogP contribution is 2.30. The van der Waals surface area contributed by atoms with Crippen LogP contribution in [0.25, 0.3) is 0 Å². The second kappa shape index (κ2) is 7.24. The molecule has 2 rings (SSSR count). The van der Waals surface area contributed by atoms with E-state index in [-0.39, 0.29) is 6.03 Å². The average Bonchev–Trinajstić information content (AvgIpc) is 2.94. The summed E-state index contributed by atoms with van der Waals surface area (Å²) >= 11 is 6.45. The Kier molecular flexibility index (Phi) is 5.60. The molecular weight excluding hydrogens is 372 g/mol. The smallest absolute Gasteiger partial charge is 0.325 e. The summed E-state index contributed by atoms with van der Waals surface area (Å²) < 4.78 is 1.92. The number of rotatable bonds is 4. The van der Waals surface area contributed by atoms with E-state index in [1.807, 2.05) is 12.1 Å². The summed E-state index contributed by atoms with van der Waals surface area (Å²) in [5.74, 6) is 0.827. The Morgan fingerprint density at radius 2 is 1.90 bits per heavy atom. The summed E-state index contributed by atoms with van der Waals surface area (Å²) in [6.45, 7) is 0. The minimum absolute atomic E-state index is 0.115. The van der Waals surface area contributed by atoms with Crippen LogP contribution in [0.15, 0.2) is 33.1 Å². The molecule has 0 saturated carbocycles. The van der Waals surface area contributed by atoms with Gasteiger partial charge in [0, 0.05) is 31.4 Å². The van der Waals surface area contributed by atoms with Gasteiger partial charge in [0.15, 0.2) is 4.34 Å². The van der Waals surface area contributed by atoms with Gasteiger partial charge in [-0.2, -0.15) is 0 Å². The number of carbonyl (C=O) groups is 1. The summed E-state index contributed by atoms with van der Waals surface area (Å²) in [5.41, 5.74) is 1.22. The van der Waals surface area contributed by atoms with Crippen molar-refractivity contribution in [2.75, 3.05) is 26.0 Å². The van der Waals surface area contributed by atoms with Crippen LogP contribution in [0.1, 0.15) is 5.56 Å². The van der Waals surface area contributed by atoms with E-state index in [0.29, 0.717) is 5.13 Å². The Morgan fingerprint density at radius 1 is 1.24 bits per heavy atom. The van der Waals surface area contributed by atoms with Crippen molar-refractivity contribution in [3.63, 3.8) is 0 Å². The normalized spacial score (nSPS) is 10.5. The van der Waals surface area contributed by atoms with Crippen LogP contribution in [-0.2, 0) is 5.75 Å². The highest BCUT2D eigenvalue weighted by Gasteiger charge is 2.17. The molecular formula is C13H15BrN4OS2. The number of halogens is 1. The highest BCUT2D eigenvalue weighted by molar-refractivity contribution is 9.10. The fourth-order valence-electron chi connectivity index (χ4n) is 1.50. The number of hydrogen-bond acceptors (Lipinski definition) is 5. The monoisotopic (exact) mass is 386 g/mol. The lowest BCUT2D eigenvalue weighted by molar-refractivity contribution is 0.225. The van der Waals surface area contributed by atoms with E-state index < -0.39 is 0 Å². The molecule has 112 valence electrons. The van der Waals surface area contributed by atoms with Crippen LogP contribution >= 0.6 is 39.0 Å². The van der Waals surface area contributed by atoms with Crippen molar-refractivity contribution in [1.29, 1.82) is 0 Å². The van der Waals surface area contributed by atoms with Crippen molar-refractivity contribution >= 4 is 50.2 Å². The largest absolute Gasteiger partial charge is 0.330 e.